The van der Waals surface area contributed by atoms with Crippen LogP contribution < -0.4 is 10.1 Å². The van der Waals surface area contributed by atoms with Crippen LogP contribution in [-0.2, 0) is 18.4 Å². The fourth-order valence-electron chi connectivity index (χ4n) is 2.40. The van der Waals surface area contributed by atoms with Crippen LogP contribution >= 0.6 is 0 Å². The summed E-state index contributed by atoms with van der Waals surface area (Å²) in [5.41, 5.74) is 0.487. The van der Waals surface area contributed by atoms with E-state index in [1.807, 2.05) is 6.07 Å². The molecule has 1 atom stereocenters. The molecule has 0 aliphatic carbocycles. The smallest absolute Gasteiger partial charge is 0.255 e. The third-order valence-corrected chi connectivity index (χ3v) is 3.71. The predicted octanol–water partition coefficient (Wildman–Crippen LogP) is 0.698. The Kier molecular flexibility index (Phi) is 4.82. The highest BCUT2D eigenvalue weighted by Gasteiger charge is 2.18. The van der Waals surface area contributed by atoms with Crippen LogP contribution in [0.4, 0.5) is 0 Å². The first-order chi connectivity index (χ1) is 11.2. The van der Waals surface area contributed by atoms with Gasteiger partial charge in [0.25, 0.3) is 5.91 Å². The van der Waals surface area contributed by atoms with Gasteiger partial charge in [0.05, 0.1) is 11.7 Å². The number of aromatic nitrogens is 4. The standard InChI is InChI=1S/C15H19N5O3/c1-20-14(17-18-19-20)10-23-13-7-3-2-6-12(13)15(21)16-9-11-5-4-8-22-11/h2-3,6-7,11H,4-5,8-10H2,1H3,(H,16,21). The highest BCUT2D eigenvalue weighted by atomic mass is 16.5. The third-order valence-electron chi connectivity index (χ3n) is 3.71. The van der Waals surface area contributed by atoms with Gasteiger partial charge in [-0.1, -0.05) is 12.1 Å². The van der Waals surface area contributed by atoms with Crippen molar-refractivity contribution in [2.24, 2.45) is 7.05 Å². The average Bonchev–Trinajstić information content (AvgIpc) is 3.22. The number of carbonyl (C=O) groups is 1. The van der Waals surface area contributed by atoms with Crippen LogP contribution in [0.25, 0.3) is 0 Å². The highest BCUT2D eigenvalue weighted by molar-refractivity contribution is 5.96. The predicted molar refractivity (Wildman–Crippen MR) is 80.9 cm³/mol. The number of para-hydroxylation sites is 1. The lowest BCUT2D eigenvalue weighted by atomic mass is 10.1. The lowest BCUT2D eigenvalue weighted by Gasteiger charge is -2.13. The number of amides is 1. The topological polar surface area (TPSA) is 91.2 Å². The molecule has 2 heterocycles. The summed E-state index contributed by atoms with van der Waals surface area (Å²) in [5, 5.41) is 14.0. The van der Waals surface area contributed by atoms with Gasteiger partial charge >= 0.3 is 0 Å². The maximum absolute atomic E-state index is 12.4. The number of nitrogens with one attached hydrogen (secondary N) is 1. The number of hydrogen-bond donors (Lipinski definition) is 1. The fourth-order valence-corrected chi connectivity index (χ4v) is 2.40. The monoisotopic (exact) mass is 317 g/mol. The molecule has 8 nitrogen and oxygen atoms in total. The second-order valence-electron chi connectivity index (χ2n) is 5.35. The van der Waals surface area contributed by atoms with Gasteiger partial charge in [0, 0.05) is 20.2 Å². The van der Waals surface area contributed by atoms with Gasteiger partial charge in [-0.2, -0.15) is 0 Å². The summed E-state index contributed by atoms with van der Waals surface area (Å²) < 4.78 is 12.7. The van der Waals surface area contributed by atoms with Gasteiger partial charge in [-0.15, -0.1) is 5.10 Å². The van der Waals surface area contributed by atoms with Crippen molar-refractivity contribution in [2.75, 3.05) is 13.2 Å². The van der Waals surface area contributed by atoms with Gasteiger partial charge in [0.15, 0.2) is 5.82 Å². The zero-order valence-electron chi connectivity index (χ0n) is 12.9. The third kappa shape index (κ3) is 3.84. The average molecular weight is 317 g/mol. The first-order valence-electron chi connectivity index (χ1n) is 7.57. The molecule has 1 amide bonds. The fraction of sp³-hybridized carbons (Fsp3) is 0.467. The van der Waals surface area contributed by atoms with Crippen LogP contribution in [0.1, 0.15) is 29.0 Å². The van der Waals surface area contributed by atoms with Gasteiger partial charge in [-0.25, -0.2) is 4.68 Å². The van der Waals surface area contributed by atoms with Crippen molar-refractivity contribution in [3.05, 3.63) is 35.7 Å². The minimum absolute atomic E-state index is 0.108. The van der Waals surface area contributed by atoms with E-state index in [0.29, 0.717) is 23.7 Å². The Morgan fingerprint density at radius 3 is 3.09 bits per heavy atom. The molecule has 1 aliphatic heterocycles. The quantitative estimate of drug-likeness (QED) is 0.843. The van der Waals surface area contributed by atoms with Crippen LogP contribution in [0.3, 0.4) is 0 Å². The second kappa shape index (κ2) is 7.19. The zero-order chi connectivity index (χ0) is 16.1. The number of nitrogens with zero attached hydrogens (tertiary/aromatic N) is 4. The summed E-state index contributed by atoms with van der Waals surface area (Å²) in [6.45, 7) is 1.48. The molecule has 8 heteroatoms. The van der Waals surface area contributed by atoms with Crippen molar-refractivity contribution in [2.45, 2.75) is 25.6 Å². The van der Waals surface area contributed by atoms with Gasteiger partial charge in [0.2, 0.25) is 0 Å². The van der Waals surface area contributed by atoms with E-state index in [1.54, 1.807) is 25.2 Å². The number of aryl methyl sites for hydroxylation is 1. The van der Waals surface area contributed by atoms with Crippen molar-refractivity contribution in [3.8, 4) is 5.75 Å². The highest BCUT2D eigenvalue weighted by Crippen LogP contribution is 2.19. The summed E-state index contributed by atoms with van der Waals surface area (Å²) in [7, 11) is 1.74. The lowest BCUT2D eigenvalue weighted by Crippen LogP contribution is -2.32. The summed E-state index contributed by atoms with van der Waals surface area (Å²) in [6.07, 6.45) is 2.14. The SMILES string of the molecule is Cn1nnnc1COc1ccccc1C(=O)NCC1CCCO1. The molecule has 1 aliphatic rings. The number of rotatable bonds is 6. The van der Waals surface area contributed by atoms with E-state index in [1.165, 1.54) is 4.68 Å². The Hall–Kier alpha value is -2.48. The van der Waals surface area contributed by atoms with Gasteiger partial charge < -0.3 is 14.8 Å². The molecule has 0 bridgehead atoms. The molecule has 122 valence electrons. The Labute approximate surface area is 133 Å². The minimum Gasteiger partial charge on any atom is -0.485 e. The lowest BCUT2D eigenvalue weighted by molar-refractivity contribution is 0.0854. The van der Waals surface area contributed by atoms with Crippen LogP contribution in [-0.4, -0.2) is 45.4 Å². The van der Waals surface area contributed by atoms with E-state index in [-0.39, 0.29) is 18.6 Å². The number of tetrazole rings is 1. The summed E-state index contributed by atoms with van der Waals surface area (Å²) >= 11 is 0. The van der Waals surface area contributed by atoms with Crippen molar-refractivity contribution >= 4 is 5.91 Å². The molecule has 0 radical (unpaired) electrons. The van der Waals surface area contributed by atoms with Crippen molar-refractivity contribution in [1.29, 1.82) is 0 Å². The molecule has 1 fully saturated rings. The molecule has 1 unspecified atom stereocenters. The van der Waals surface area contributed by atoms with Crippen molar-refractivity contribution in [1.82, 2.24) is 25.5 Å². The zero-order valence-corrected chi connectivity index (χ0v) is 12.9. The molecule has 1 N–H and O–H groups in total. The van der Waals surface area contributed by atoms with Crippen molar-refractivity contribution in [3.63, 3.8) is 0 Å². The summed E-state index contributed by atoms with van der Waals surface area (Å²) in [6, 6.07) is 7.11. The maximum Gasteiger partial charge on any atom is 0.255 e. The van der Waals surface area contributed by atoms with E-state index in [2.05, 4.69) is 20.8 Å². The largest absolute Gasteiger partial charge is 0.485 e. The molecule has 1 aromatic heterocycles. The molecule has 0 saturated carbocycles. The Morgan fingerprint density at radius 1 is 1.48 bits per heavy atom. The normalized spacial score (nSPS) is 17.2. The first-order valence-corrected chi connectivity index (χ1v) is 7.57. The number of ether oxygens (including phenoxy) is 2. The molecule has 2 aromatic rings. The maximum atomic E-state index is 12.4. The molecule has 23 heavy (non-hydrogen) atoms. The second-order valence-corrected chi connectivity index (χ2v) is 5.35. The van der Waals surface area contributed by atoms with Gasteiger partial charge in [0.1, 0.15) is 12.4 Å². The molecular weight excluding hydrogens is 298 g/mol. The Bertz CT molecular complexity index is 667. The van der Waals surface area contributed by atoms with E-state index >= 15 is 0 Å². The molecule has 1 aromatic carbocycles. The molecule has 1 saturated heterocycles. The minimum atomic E-state index is -0.174. The van der Waals surface area contributed by atoms with Crippen LogP contribution in [0.15, 0.2) is 24.3 Å². The van der Waals surface area contributed by atoms with E-state index in [4.69, 9.17) is 9.47 Å². The van der Waals surface area contributed by atoms with Crippen LogP contribution in [0.5, 0.6) is 5.75 Å². The molecular formula is C15H19N5O3. The van der Waals surface area contributed by atoms with Gasteiger partial charge in [-0.3, -0.25) is 4.79 Å². The van der Waals surface area contributed by atoms with Gasteiger partial charge in [-0.05, 0) is 35.4 Å². The number of carbonyl (C=O) groups excluding carboxylic acids is 1. The van der Waals surface area contributed by atoms with Crippen molar-refractivity contribution < 1.29 is 14.3 Å². The van der Waals surface area contributed by atoms with E-state index < -0.39 is 0 Å². The summed E-state index contributed by atoms with van der Waals surface area (Å²) in [5.74, 6) is 0.909. The number of benzene rings is 1. The summed E-state index contributed by atoms with van der Waals surface area (Å²) in [4.78, 5) is 12.4. The van der Waals surface area contributed by atoms with E-state index in [0.717, 1.165) is 19.4 Å². The number of hydrogen-bond acceptors (Lipinski definition) is 6. The molecule has 0 spiro atoms. The van der Waals surface area contributed by atoms with E-state index in [9.17, 15) is 4.79 Å². The Morgan fingerprint density at radius 2 is 2.35 bits per heavy atom. The van der Waals surface area contributed by atoms with Crippen LogP contribution in [0, 0.1) is 0 Å². The van der Waals surface area contributed by atoms with Crippen LogP contribution in [0.2, 0.25) is 0 Å². The Balaban J connectivity index is 1.62. The molecule has 3 rings (SSSR count). The first kappa shape index (κ1) is 15.4.